The maximum absolute atomic E-state index is 13.0. The molecular formula is C84H155NO8. The Hall–Kier alpha value is -3.01. The fourth-order valence-corrected chi connectivity index (χ4v) is 12.1. The average molecular weight is 1310 g/mol. The van der Waals surface area contributed by atoms with Crippen LogP contribution in [0.15, 0.2) is 60.8 Å². The van der Waals surface area contributed by atoms with Crippen LogP contribution in [0.2, 0.25) is 0 Å². The monoisotopic (exact) mass is 1310 g/mol. The van der Waals surface area contributed by atoms with Crippen LogP contribution in [0, 0.1) is 0 Å². The molecule has 2 unspecified atom stereocenters. The number of nitrogens with zero attached hydrogens (tertiary/aromatic N) is 1. The van der Waals surface area contributed by atoms with Gasteiger partial charge in [0.25, 0.3) is 0 Å². The summed E-state index contributed by atoms with van der Waals surface area (Å²) in [5, 5.41) is 11.9. The number of hydrogen-bond donors (Lipinski definition) is 0. The lowest BCUT2D eigenvalue weighted by Crippen LogP contribution is -2.44. The third-order valence-corrected chi connectivity index (χ3v) is 18.2. The first kappa shape index (κ1) is 90.0. The highest BCUT2D eigenvalue weighted by molar-refractivity contribution is 5.70. The molecule has 0 saturated heterocycles. The molecule has 0 spiro atoms. The number of aliphatic carboxylic acids is 1. The third kappa shape index (κ3) is 76.2. The normalized spacial score (nSPS) is 12.9. The molecule has 0 aliphatic rings. The van der Waals surface area contributed by atoms with Gasteiger partial charge in [0, 0.05) is 12.8 Å². The summed E-state index contributed by atoms with van der Waals surface area (Å²) in [5.41, 5.74) is 0. The van der Waals surface area contributed by atoms with Crippen molar-refractivity contribution in [2.75, 3.05) is 47.5 Å². The van der Waals surface area contributed by atoms with Crippen molar-refractivity contribution in [3.63, 3.8) is 0 Å². The molecule has 9 heteroatoms. The van der Waals surface area contributed by atoms with E-state index in [9.17, 15) is 19.5 Å². The van der Waals surface area contributed by atoms with E-state index in [1.54, 1.807) is 0 Å². The number of carbonyl (C=O) groups is 3. The molecule has 0 fully saturated rings. The lowest BCUT2D eigenvalue weighted by Gasteiger charge is -2.26. The highest BCUT2D eigenvalue weighted by Gasteiger charge is 2.22. The number of unbranched alkanes of at least 4 members (excludes halogenated alkanes) is 51. The van der Waals surface area contributed by atoms with Gasteiger partial charge in [0.1, 0.15) is 13.2 Å². The Balaban J connectivity index is 3.98. The van der Waals surface area contributed by atoms with Gasteiger partial charge in [-0.15, -0.1) is 0 Å². The molecule has 2 atom stereocenters. The number of carbonyl (C=O) groups excluding carboxylic acids is 3. The fourth-order valence-electron chi connectivity index (χ4n) is 12.1. The average Bonchev–Trinajstić information content (AvgIpc) is 3.74. The number of carboxylic acids is 1. The number of allylic oxidation sites excluding steroid dienone is 10. The van der Waals surface area contributed by atoms with Gasteiger partial charge < -0.3 is 33.3 Å². The lowest BCUT2D eigenvalue weighted by molar-refractivity contribution is -0.870. The number of likely N-dealkylation sites (N-methyl/N-ethyl adjacent to an activating group) is 1. The van der Waals surface area contributed by atoms with Crippen LogP contribution < -0.4 is 5.11 Å². The molecule has 0 aromatic carbocycles. The van der Waals surface area contributed by atoms with Crippen molar-refractivity contribution in [2.24, 2.45) is 0 Å². The van der Waals surface area contributed by atoms with Gasteiger partial charge in [-0.2, -0.15) is 0 Å². The number of quaternary nitrogens is 1. The van der Waals surface area contributed by atoms with E-state index in [4.69, 9.17) is 18.9 Å². The molecule has 0 aliphatic heterocycles. The quantitative estimate of drug-likeness (QED) is 0.0195. The Morgan fingerprint density at radius 2 is 0.581 bits per heavy atom. The molecule has 0 aromatic heterocycles. The smallest absolute Gasteiger partial charge is 0.306 e. The minimum atomic E-state index is -1.62. The number of rotatable bonds is 76. The van der Waals surface area contributed by atoms with Crippen molar-refractivity contribution in [1.29, 1.82) is 0 Å². The standard InChI is InChI=1S/C84H155NO8/c1-6-8-10-12-14-16-18-20-22-24-26-28-30-32-34-36-38-40-41-43-44-46-48-50-52-54-56-58-60-62-64-66-68-70-72-74-81(86)91-78-80(79-92-84(83(88)89)90-77-76-85(3,4)5)93-82(87)75-73-71-69-67-65-63-61-59-57-55-53-51-49-47-45-42-39-37-35-33-31-29-27-25-23-21-19-17-15-13-11-9-7-2/h18-21,24-27,31,33,80,84H,6-17,22-23,28-30,32,34-79H2,1-5H3/b20-18-,21-19-,26-24-,27-25-,33-31-. The summed E-state index contributed by atoms with van der Waals surface area (Å²) in [5.74, 6) is -2.25. The molecular weight excluding hydrogens is 1150 g/mol. The zero-order chi connectivity index (χ0) is 67.5. The second-order valence-corrected chi connectivity index (χ2v) is 28.7. The molecule has 0 bridgehead atoms. The van der Waals surface area contributed by atoms with E-state index in [1.165, 1.54) is 315 Å². The van der Waals surface area contributed by atoms with E-state index in [-0.39, 0.29) is 32.2 Å². The lowest BCUT2D eigenvalue weighted by atomic mass is 10.0. The summed E-state index contributed by atoms with van der Waals surface area (Å²) < 4.78 is 22.9. The van der Waals surface area contributed by atoms with Gasteiger partial charge >= 0.3 is 11.9 Å². The summed E-state index contributed by atoms with van der Waals surface area (Å²) in [6.07, 6.45) is 96.3. The molecule has 0 N–H and O–H groups in total. The zero-order valence-electron chi connectivity index (χ0n) is 62.4. The van der Waals surface area contributed by atoms with Crippen molar-refractivity contribution < 1.29 is 42.9 Å². The first-order valence-electron chi connectivity index (χ1n) is 40.4. The summed E-state index contributed by atoms with van der Waals surface area (Å²) >= 11 is 0. The summed E-state index contributed by atoms with van der Waals surface area (Å²) in [4.78, 5) is 37.6. The molecule has 0 rings (SSSR count). The van der Waals surface area contributed by atoms with Crippen LogP contribution >= 0.6 is 0 Å². The van der Waals surface area contributed by atoms with Crippen LogP contribution in [0.1, 0.15) is 399 Å². The molecule has 0 aromatic rings. The Labute approximate surface area is 577 Å². The fraction of sp³-hybridized carbons (Fsp3) is 0.845. The second kappa shape index (κ2) is 74.8. The van der Waals surface area contributed by atoms with Gasteiger partial charge in [-0.3, -0.25) is 9.59 Å². The van der Waals surface area contributed by atoms with Gasteiger partial charge in [0.05, 0.1) is 40.3 Å². The second-order valence-electron chi connectivity index (χ2n) is 28.7. The van der Waals surface area contributed by atoms with Crippen LogP contribution in [0.4, 0.5) is 0 Å². The molecule has 0 saturated carbocycles. The van der Waals surface area contributed by atoms with Gasteiger partial charge in [0.2, 0.25) is 0 Å². The number of hydrogen-bond acceptors (Lipinski definition) is 8. The Morgan fingerprint density at radius 1 is 0.323 bits per heavy atom. The van der Waals surface area contributed by atoms with Crippen molar-refractivity contribution in [3.8, 4) is 0 Å². The van der Waals surface area contributed by atoms with Crippen molar-refractivity contribution in [1.82, 2.24) is 0 Å². The van der Waals surface area contributed by atoms with Crippen molar-refractivity contribution in [2.45, 2.75) is 411 Å². The van der Waals surface area contributed by atoms with Gasteiger partial charge in [-0.1, -0.05) is 364 Å². The van der Waals surface area contributed by atoms with E-state index in [0.717, 1.165) is 51.4 Å². The molecule has 0 radical (unpaired) electrons. The third-order valence-electron chi connectivity index (χ3n) is 18.2. The minimum absolute atomic E-state index is 0.149. The van der Waals surface area contributed by atoms with E-state index in [1.807, 2.05) is 21.1 Å². The van der Waals surface area contributed by atoms with E-state index >= 15 is 0 Å². The SMILES string of the molecule is CCCCCCC/C=C\C/C=C\C/C=C\CCCCCCCCCCCCCCCCCCCCC(=O)OC(COC(=O)CCCCCCCCCCCCCCCCCCCCCCCCC/C=C\C/C=C\CCCCCCC)COC(OCC[N+](C)(C)C)C(=O)[O-]. The molecule has 9 nitrogen and oxygen atoms in total. The van der Waals surface area contributed by atoms with E-state index in [2.05, 4.69) is 74.6 Å². The Bertz CT molecular complexity index is 1710. The maximum Gasteiger partial charge on any atom is 0.306 e. The van der Waals surface area contributed by atoms with E-state index < -0.39 is 24.3 Å². The van der Waals surface area contributed by atoms with Crippen LogP contribution in [0.3, 0.4) is 0 Å². The summed E-state index contributed by atoms with van der Waals surface area (Å²) in [7, 11) is 5.95. The van der Waals surface area contributed by atoms with Crippen molar-refractivity contribution in [3.05, 3.63) is 60.8 Å². The predicted molar refractivity (Wildman–Crippen MR) is 399 cm³/mol. The van der Waals surface area contributed by atoms with Crippen LogP contribution in [-0.2, 0) is 33.3 Å². The zero-order valence-corrected chi connectivity index (χ0v) is 62.4. The minimum Gasteiger partial charge on any atom is -0.545 e. The van der Waals surface area contributed by atoms with Crippen LogP contribution in [0.5, 0.6) is 0 Å². The highest BCUT2D eigenvalue weighted by atomic mass is 16.7. The highest BCUT2D eigenvalue weighted by Crippen LogP contribution is 2.19. The van der Waals surface area contributed by atoms with Crippen molar-refractivity contribution >= 4 is 17.9 Å². The Kier molecular flexibility index (Phi) is 72.4. The van der Waals surface area contributed by atoms with Gasteiger partial charge in [-0.05, 0) is 83.5 Å². The summed E-state index contributed by atoms with van der Waals surface area (Å²) in [6, 6.07) is 0. The molecule has 0 aliphatic carbocycles. The molecule has 93 heavy (non-hydrogen) atoms. The first-order valence-corrected chi connectivity index (χ1v) is 40.4. The number of ether oxygens (including phenoxy) is 4. The predicted octanol–water partition coefficient (Wildman–Crippen LogP) is 24.5. The van der Waals surface area contributed by atoms with Gasteiger partial charge in [0.15, 0.2) is 12.4 Å². The van der Waals surface area contributed by atoms with Crippen LogP contribution in [-0.4, -0.2) is 82.3 Å². The molecule has 0 amide bonds. The van der Waals surface area contributed by atoms with Gasteiger partial charge in [-0.25, -0.2) is 0 Å². The van der Waals surface area contributed by atoms with Crippen LogP contribution in [0.25, 0.3) is 0 Å². The first-order chi connectivity index (χ1) is 45.6. The largest absolute Gasteiger partial charge is 0.545 e. The summed E-state index contributed by atoms with van der Waals surface area (Å²) in [6.45, 7) is 4.79. The molecule has 0 heterocycles. The molecule has 544 valence electrons. The maximum atomic E-state index is 13.0. The topological polar surface area (TPSA) is 111 Å². The number of esters is 2. The van der Waals surface area contributed by atoms with E-state index in [0.29, 0.717) is 23.9 Å². The number of carboxylic acid groups (broad SMARTS) is 1. The Morgan fingerprint density at radius 3 is 0.860 bits per heavy atom.